The lowest BCUT2D eigenvalue weighted by Gasteiger charge is -2.32. The van der Waals surface area contributed by atoms with Gasteiger partial charge < -0.3 is 15.1 Å². The molecule has 0 bridgehead atoms. The van der Waals surface area contributed by atoms with Crippen molar-refractivity contribution >= 4 is 0 Å². The van der Waals surface area contributed by atoms with Crippen LogP contribution < -0.4 is 0 Å². The quantitative estimate of drug-likeness (QED) is 0.670. The predicted molar refractivity (Wildman–Crippen MR) is 61.7 cm³/mol. The van der Waals surface area contributed by atoms with Crippen molar-refractivity contribution in [2.45, 2.75) is 32.3 Å². The number of hydrogen-bond donors (Lipinski definition) is 2. The lowest BCUT2D eigenvalue weighted by Crippen LogP contribution is -2.40. The first-order chi connectivity index (χ1) is 7.26. The number of piperidine rings is 1. The Bertz CT molecular complexity index is 194. The van der Waals surface area contributed by atoms with Gasteiger partial charge in [-0.25, -0.2) is 0 Å². The summed E-state index contributed by atoms with van der Waals surface area (Å²) in [4.78, 5) is 2.25. The summed E-state index contributed by atoms with van der Waals surface area (Å²) in [6, 6.07) is 0. The number of hydrogen-bond acceptors (Lipinski definition) is 3. The molecule has 2 unspecified atom stereocenters. The van der Waals surface area contributed by atoms with Crippen molar-refractivity contribution in [1.29, 1.82) is 0 Å². The maximum absolute atomic E-state index is 9.36. The van der Waals surface area contributed by atoms with E-state index in [1.54, 1.807) is 0 Å². The van der Waals surface area contributed by atoms with Gasteiger partial charge in [-0.3, -0.25) is 0 Å². The van der Waals surface area contributed by atoms with Gasteiger partial charge in [-0.1, -0.05) is 19.1 Å². The number of aliphatic hydroxyl groups is 2. The van der Waals surface area contributed by atoms with Gasteiger partial charge in [0.15, 0.2) is 0 Å². The molecule has 15 heavy (non-hydrogen) atoms. The Morgan fingerprint density at radius 2 is 2.33 bits per heavy atom. The number of rotatable bonds is 5. The summed E-state index contributed by atoms with van der Waals surface area (Å²) in [5.41, 5.74) is 0. The van der Waals surface area contributed by atoms with Gasteiger partial charge in [0.2, 0.25) is 0 Å². The first-order valence-electron chi connectivity index (χ1n) is 5.94. The molecule has 0 aliphatic carbocycles. The summed E-state index contributed by atoms with van der Waals surface area (Å²) >= 11 is 0. The van der Waals surface area contributed by atoms with Gasteiger partial charge in [0.25, 0.3) is 0 Å². The van der Waals surface area contributed by atoms with Gasteiger partial charge in [-0.05, 0) is 31.7 Å². The number of allylic oxidation sites excluding steroid dienone is 1. The third kappa shape index (κ3) is 4.78. The van der Waals surface area contributed by atoms with E-state index in [1.807, 2.05) is 0 Å². The van der Waals surface area contributed by atoms with Crippen molar-refractivity contribution in [2.24, 2.45) is 5.92 Å². The van der Waals surface area contributed by atoms with Crippen molar-refractivity contribution < 1.29 is 10.2 Å². The van der Waals surface area contributed by atoms with Crippen LogP contribution in [0.15, 0.2) is 12.2 Å². The molecule has 1 heterocycles. The smallest absolute Gasteiger partial charge is 0.0897 e. The highest BCUT2D eigenvalue weighted by atomic mass is 16.3. The highest BCUT2D eigenvalue weighted by molar-refractivity contribution is 4.91. The van der Waals surface area contributed by atoms with E-state index in [4.69, 9.17) is 5.11 Å². The lowest BCUT2D eigenvalue weighted by molar-refractivity contribution is 0.0483. The fourth-order valence-corrected chi connectivity index (χ4v) is 2.10. The number of aliphatic hydroxyl groups excluding tert-OH is 2. The molecular formula is C12H23NO2. The minimum atomic E-state index is -0.584. The molecule has 0 aromatic carbocycles. The molecule has 1 saturated heterocycles. The summed E-state index contributed by atoms with van der Waals surface area (Å²) in [7, 11) is 0. The van der Waals surface area contributed by atoms with E-state index in [0.29, 0.717) is 12.5 Å². The van der Waals surface area contributed by atoms with Crippen LogP contribution in [0.3, 0.4) is 0 Å². The van der Waals surface area contributed by atoms with Crippen LogP contribution in [-0.4, -0.2) is 47.5 Å². The minimum Gasteiger partial charge on any atom is -0.394 e. The van der Waals surface area contributed by atoms with Crippen LogP contribution in [0.25, 0.3) is 0 Å². The fourth-order valence-electron chi connectivity index (χ4n) is 2.10. The highest BCUT2D eigenvalue weighted by Crippen LogP contribution is 2.17. The van der Waals surface area contributed by atoms with E-state index in [2.05, 4.69) is 24.0 Å². The third-order valence-corrected chi connectivity index (χ3v) is 2.87. The van der Waals surface area contributed by atoms with Gasteiger partial charge >= 0.3 is 0 Å². The first kappa shape index (κ1) is 12.7. The van der Waals surface area contributed by atoms with Crippen LogP contribution >= 0.6 is 0 Å². The topological polar surface area (TPSA) is 43.7 Å². The Balaban J connectivity index is 2.31. The van der Waals surface area contributed by atoms with Gasteiger partial charge in [-0.15, -0.1) is 0 Å². The van der Waals surface area contributed by atoms with E-state index in [0.717, 1.165) is 19.5 Å². The van der Waals surface area contributed by atoms with Crippen LogP contribution in [0.1, 0.15) is 26.2 Å². The third-order valence-electron chi connectivity index (χ3n) is 2.87. The summed E-state index contributed by atoms with van der Waals surface area (Å²) in [6.45, 7) is 4.69. The second kappa shape index (κ2) is 6.99. The van der Waals surface area contributed by atoms with Crippen molar-refractivity contribution in [3.8, 4) is 0 Å². The Morgan fingerprint density at radius 3 is 3.00 bits per heavy atom. The maximum Gasteiger partial charge on any atom is 0.0897 e. The van der Waals surface area contributed by atoms with Crippen LogP contribution in [0.4, 0.5) is 0 Å². The standard InChI is InChI=1S/C12H23NO2/c1-2-3-5-11-6-4-7-13(8-11)9-12(15)10-14/h3,5,11-12,14-15H,2,4,6-10H2,1H3/b5-3-. The van der Waals surface area contributed by atoms with Gasteiger partial charge in [0.1, 0.15) is 0 Å². The molecule has 1 aliphatic heterocycles. The summed E-state index contributed by atoms with van der Waals surface area (Å²) < 4.78 is 0. The average molecular weight is 213 g/mol. The Morgan fingerprint density at radius 1 is 1.53 bits per heavy atom. The van der Waals surface area contributed by atoms with E-state index >= 15 is 0 Å². The van der Waals surface area contributed by atoms with E-state index in [-0.39, 0.29) is 6.61 Å². The predicted octanol–water partition coefficient (Wildman–Crippen LogP) is 1.02. The molecule has 0 saturated carbocycles. The van der Waals surface area contributed by atoms with Crippen LogP contribution in [0.2, 0.25) is 0 Å². The summed E-state index contributed by atoms with van der Waals surface area (Å²) in [5, 5.41) is 18.1. The second-order valence-electron chi connectivity index (χ2n) is 4.33. The molecule has 2 atom stereocenters. The van der Waals surface area contributed by atoms with Crippen LogP contribution in [0.5, 0.6) is 0 Å². The molecule has 1 rings (SSSR count). The number of β-amino-alcohol motifs (C(OH)–C–C–N with tert-alkyl or cyclic N) is 1. The van der Waals surface area contributed by atoms with Gasteiger partial charge in [-0.2, -0.15) is 0 Å². The molecule has 3 heteroatoms. The molecule has 3 nitrogen and oxygen atoms in total. The Kier molecular flexibility index (Phi) is 5.91. The molecule has 0 radical (unpaired) electrons. The molecule has 1 fully saturated rings. The molecule has 88 valence electrons. The van der Waals surface area contributed by atoms with Gasteiger partial charge in [0.05, 0.1) is 12.7 Å². The summed E-state index contributed by atoms with van der Waals surface area (Å²) in [6.07, 6.45) is 7.46. The molecule has 0 amide bonds. The average Bonchev–Trinajstić information content (AvgIpc) is 2.26. The maximum atomic E-state index is 9.36. The molecule has 0 aromatic rings. The van der Waals surface area contributed by atoms with Crippen LogP contribution in [-0.2, 0) is 0 Å². The monoisotopic (exact) mass is 213 g/mol. The Hall–Kier alpha value is -0.380. The fraction of sp³-hybridized carbons (Fsp3) is 0.833. The SMILES string of the molecule is CC/C=C\C1CCCN(CC(O)CO)C1. The van der Waals surface area contributed by atoms with E-state index in [9.17, 15) is 5.11 Å². The zero-order chi connectivity index (χ0) is 11.1. The van der Waals surface area contributed by atoms with Crippen molar-refractivity contribution in [3.63, 3.8) is 0 Å². The molecule has 1 aliphatic rings. The Labute approximate surface area is 92.4 Å². The number of likely N-dealkylation sites (tertiary alicyclic amines) is 1. The largest absolute Gasteiger partial charge is 0.394 e. The van der Waals surface area contributed by atoms with Crippen molar-refractivity contribution in [3.05, 3.63) is 12.2 Å². The molecule has 0 aromatic heterocycles. The highest BCUT2D eigenvalue weighted by Gasteiger charge is 2.19. The molecular weight excluding hydrogens is 190 g/mol. The molecule has 2 N–H and O–H groups in total. The van der Waals surface area contributed by atoms with E-state index in [1.165, 1.54) is 12.8 Å². The van der Waals surface area contributed by atoms with E-state index < -0.39 is 6.10 Å². The minimum absolute atomic E-state index is 0.133. The first-order valence-corrected chi connectivity index (χ1v) is 5.94. The summed E-state index contributed by atoms with van der Waals surface area (Å²) in [5.74, 6) is 0.629. The lowest BCUT2D eigenvalue weighted by atomic mass is 9.97. The second-order valence-corrected chi connectivity index (χ2v) is 4.33. The zero-order valence-electron chi connectivity index (χ0n) is 9.60. The zero-order valence-corrected chi connectivity index (χ0v) is 9.60. The molecule has 0 spiro atoms. The van der Waals surface area contributed by atoms with Crippen molar-refractivity contribution in [1.82, 2.24) is 4.90 Å². The normalized spacial score (nSPS) is 25.9. The van der Waals surface area contributed by atoms with Crippen molar-refractivity contribution in [2.75, 3.05) is 26.2 Å². The number of nitrogens with zero attached hydrogens (tertiary/aromatic N) is 1. The van der Waals surface area contributed by atoms with Crippen LogP contribution in [0, 0.1) is 5.92 Å². The van der Waals surface area contributed by atoms with Gasteiger partial charge in [0, 0.05) is 13.1 Å².